The maximum absolute atomic E-state index is 11.8. The third-order valence-corrected chi connectivity index (χ3v) is 3.19. The minimum absolute atomic E-state index is 0.0499. The Morgan fingerprint density at radius 1 is 1.29 bits per heavy atom. The number of aliphatic carboxylic acids is 1. The monoisotopic (exact) mass is 243 g/mol. The fraction of sp³-hybridized carbons (Fsp3) is 0.833. The van der Waals surface area contributed by atoms with Crippen LogP contribution in [0.4, 0.5) is 0 Å². The number of likely N-dealkylation sites (tertiary alicyclic amines) is 1. The number of amides is 1. The molecule has 0 spiro atoms. The molecule has 0 aromatic carbocycles. The van der Waals surface area contributed by atoms with Gasteiger partial charge in [0, 0.05) is 32.5 Å². The lowest BCUT2D eigenvalue weighted by molar-refractivity contribution is -0.137. The Morgan fingerprint density at radius 3 is 2.71 bits per heavy atom. The molecule has 0 radical (unpaired) electrons. The van der Waals surface area contributed by atoms with E-state index in [1.807, 2.05) is 4.90 Å². The summed E-state index contributed by atoms with van der Waals surface area (Å²) < 4.78 is 0. The number of carbonyl (C=O) groups is 2. The second kappa shape index (κ2) is 7.27. The Morgan fingerprint density at radius 2 is 2.06 bits per heavy atom. The van der Waals surface area contributed by atoms with Crippen molar-refractivity contribution >= 4 is 11.9 Å². The Kier molecular flexibility index (Phi) is 5.97. The van der Waals surface area contributed by atoms with Crippen molar-refractivity contribution in [3.63, 3.8) is 0 Å². The molecule has 1 amide bonds. The fourth-order valence-electron chi connectivity index (χ4n) is 2.26. The summed E-state index contributed by atoms with van der Waals surface area (Å²) in [5.41, 5.74) is 0. The van der Waals surface area contributed by atoms with Crippen molar-refractivity contribution in [1.82, 2.24) is 4.90 Å². The maximum atomic E-state index is 11.8. The topological polar surface area (TPSA) is 77.8 Å². The Labute approximate surface area is 101 Å². The third-order valence-electron chi connectivity index (χ3n) is 3.19. The summed E-state index contributed by atoms with van der Waals surface area (Å²) in [5.74, 6) is -0.402. The molecule has 1 saturated heterocycles. The van der Waals surface area contributed by atoms with Crippen LogP contribution in [-0.4, -0.2) is 46.7 Å². The van der Waals surface area contributed by atoms with Crippen molar-refractivity contribution in [2.75, 3.05) is 19.7 Å². The number of aliphatic hydroxyl groups excluding tert-OH is 1. The van der Waals surface area contributed by atoms with E-state index >= 15 is 0 Å². The molecule has 0 aromatic heterocycles. The van der Waals surface area contributed by atoms with Crippen LogP contribution in [-0.2, 0) is 9.59 Å². The van der Waals surface area contributed by atoms with E-state index in [-0.39, 0.29) is 18.9 Å². The lowest BCUT2D eigenvalue weighted by Crippen LogP contribution is -2.40. The van der Waals surface area contributed by atoms with Crippen molar-refractivity contribution in [2.24, 2.45) is 5.92 Å². The van der Waals surface area contributed by atoms with Crippen molar-refractivity contribution in [1.29, 1.82) is 0 Å². The standard InChI is InChI=1S/C12H21NO4/c14-8-6-10-3-2-7-13(9-10)11(15)4-1-5-12(16)17/h10,14H,1-9H2,(H,16,17). The highest BCUT2D eigenvalue weighted by Gasteiger charge is 2.22. The molecule has 1 heterocycles. The molecule has 0 aromatic rings. The summed E-state index contributed by atoms with van der Waals surface area (Å²) in [7, 11) is 0. The highest BCUT2D eigenvalue weighted by molar-refractivity contribution is 5.77. The Hall–Kier alpha value is -1.10. The van der Waals surface area contributed by atoms with Gasteiger partial charge in [-0.15, -0.1) is 0 Å². The molecular weight excluding hydrogens is 222 g/mol. The molecule has 2 N–H and O–H groups in total. The molecule has 1 atom stereocenters. The first-order valence-electron chi connectivity index (χ1n) is 6.24. The van der Waals surface area contributed by atoms with Crippen molar-refractivity contribution in [2.45, 2.75) is 38.5 Å². The first-order valence-corrected chi connectivity index (χ1v) is 6.24. The minimum Gasteiger partial charge on any atom is -0.481 e. The average Bonchev–Trinajstić information content (AvgIpc) is 2.29. The zero-order valence-electron chi connectivity index (χ0n) is 10.1. The van der Waals surface area contributed by atoms with Gasteiger partial charge in [-0.2, -0.15) is 0 Å². The number of carbonyl (C=O) groups excluding carboxylic acids is 1. The molecule has 1 rings (SSSR count). The molecule has 1 unspecified atom stereocenters. The van der Waals surface area contributed by atoms with Crippen LogP contribution in [0.2, 0.25) is 0 Å². The summed E-state index contributed by atoms with van der Waals surface area (Å²) in [6.45, 7) is 1.66. The normalized spacial score (nSPS) is 20.3. The van der Waals surface area contributed by atoms with Crippen LogP contribution in [0.25, 0.3) is 0 Å². The molecule has 17 heavy (non-hydrogen) atoms. The smallest absolute Gasteiger partial charge is 0.303 e. The number of hydrogen-bond acceptors (Lipinski definition) is 3. The van der Waals surface area contributed by atoms with Crippen LogP contribution in [0.1, 0.15) is 38.5 Å². The van der Waals surface area contributed by atoms with Crippen LogP contribution < -0.4 is 0 Å². The lowest BCUT2D eigenvalue weighted by atomic mass is 9.95. The van der Waals surface area contributed by atoms with E-state index in [1.54, 1.807) is 0 Å². The van der Waals surface area contributed by atoms with Gasteiger partial charge < -0.3 is 15.1 Å². The zero-order valence-corrected chi connectivity index (χ0v) is 10.1. The highest BCUT2D eigenvalue weighted by Crippen LogP contribution is 2.20. The van der Waals surface area contributed by atoms with Crippen molar-refractivity contribution in [3.05, 3.63) is 0 Å². The first kappa shape index (κ1) is 14.0. The van der Waals surface area contributed by atoms with Crippen LogP contribution in [0.3, 0.4) is 0 Å². The first-order chi connectivity index (χ1) is 8.13. The molecule has 1 aliphatic rings. The van der Waals surface area contributed by atoms with Crippen molar-refractivity contribution < 1.29 is 19.8 Å². The number of carboxylic acid groups (broad SMARTS) is 1. The van der Waals surface area contributed by atoms with Crippen LogP contribution >= 0.6 is 0 Å². The predicted molar refractivity (Wildman–Crippen MR) is 62.5 cm³/mol. The van der Waals surface area contributed by atoms with Gasteiger partial charge in [0.2, 0.25) is 5.91 Å². The number of aliphatic hydroxyl groups is 1. The van der Waals surface area contributed by atoms with E-state index in [4.69, 9.17) is 10.2 Å². The van der Waals surface area contributed by atoms with Gasteiger partial charge in [-0.25, -0.2) is 0 Å². The van der Waals surface area contributed by atoms with E-state index in [2.05, 4.69) is 0 Å². The summed E-state index contributed by atoms with van der Waals surface area (Å²) in [6.07, 6.45) is 3.58. The van der Waals surface area contributed by atoms with Gasteiger partial charge >= 0.3 is 5.97 Å². The van der Waals surface area contributed by atoms with E-state index < -0.39 is 5.97 Å². The Balaban J connectivity index is 2.28. The number of hydrogen-bond donors (Lipinski definition) is 2. The van der Waals surface area contributed by atoms with E-state index in [1.165, 1.54) is 0 Å². The van der Waals surface area contributed by atoms with E-state index in [9.17, 15) is 9.59 Å². The molecule has 5 heteroatoms. The number of carboxylic acids is 1. The molecule has 98 valence electrons. The fourth-order valence-corrected chi connectivity index (χ4v) is 2.26. The summed E-state index contributed by atoms with van der Waals surface area (Å²) in [4.78, 5) is 24.0. The molecule has 0 aliphatic carbocycles. The number of piperidine rings is 1. The zero-order chi connectivity index (χ0) is 12.7. The van der Waals surface area contributed by atoms with Gasteiger partial charge in [-0.3, -0.25) is 9.59 Å². The summed E-state index contributed by atoms with van der Waals surface area (Å²) in [6, 6.07) is 0. The van der Waals surface area contributed by atoms with Crippen LogP contribution in [0.15, 0.2) is 0 Å². The van der Waals surface area contributed by atoms with Gasteiger partial charge in [-0.05, 0) is 31.6 Å². The van der Waals surface area contributed by atoms with E-state index in [0.717, 1.165) is 25.8 Å². The second-order valence-electron chi connectivity index (χ2n) is 4.61. The molecule has 0 bridgehead atoms. The number of nitrogens with zero attached hydrogens (tertiary/aromatic N) is 1. The molecule has 1 aliphatic heterocycles. The highest BCUT2D eigenvalue weighted by atomic mass is 16.4. The summed E-state index contributed by atoms with van der Waals surface area (Å²) >= 11 is 0. The predicted octanol–water partition coefficient (Wildman–Crippen LogP) is 0.862. The van der Waals surface area contributed by atoms with Gasteiger partial charge in [-0.1, -0.05) is 0 Å². The number of rotatable bonds is 6. The summed E-state index contributed by atoms with van der Waals surface area (Å²) in [5, 5.41) is 17.4. The van der Waals surface area contributed by atoms with Gasteiger partial charge in [0.05, 0.1) is 0 Å². The minimum atomic E-state index is -0.852. The van der Waals surface area contributed by atoms with Crippen LogP contribution in [0, 0.1) is 5.92 Å². The average molecular weight is 243 g/mol. The van der Waals surface area contributed by atoms with Crippen LogP contribution in [0.5, 0.6) is 0 Å². The molecule has 5 nitrogen and oxygen atoms in total. The van der Waals surface area contributed by atoms with E-state index in [0.29, 0.717) is 25.3 Å². The second-order valence-corrected chi connectivity index (χ2v) is 4.61. The van der Waals surface area contributed by atoms with Crippen molar-refractivity contribution in [3.8, 4) is 0 Å². The largest absolute Gasteiger partial charge is 0.481 e. The molecule has 1 fully saturated rings. The molecular formula is C12H21NO4. The van der Waals surface area contributed by atoms with Gasteiger partial charge in [0.15, 0.2) is 0 Å². The lowest BCUT2D eigenvalue weighted by Gasteiger charge is -2.32. The Bertz CT molecular complexity index is 265. The third kappa shape index (κ3) is 5.17. The van der Waals surface area contributed by atoms with Gasteiger partial charge in [0.25, 0.3) is 0 Å². The maximum Gasteiger partial charge on any atom is 0.303 e. The molecule has 0 saturated carbocycles. The quantitative estimate of drug-likeness (QED) is 0.725. The van der Waals surface area contributed by atoms with Gasteiger partial charge in [0.1, 0.15) is 0 Å². The SMILES string of the molecule is O=C(O)CCCC(=O)N1CCCC(CCO)C1.